The maximum atomic E-state index is 13.6. The fourth-order valence-electron chi connectivity index (χ4n) is 3.22. The standard InChI is InChI=1S/C15H19FN2S/c16-12-5-1-2-6-13(12)17-14(19)18-15(11-7-8-11)9-3-4-10-15/h1-2,5-6,11H,3-4,7-10H2,(H2,17,18,19). The van der Waals surface area contributed by atoms with Crippen molar-refractivity contribution in [2.45, 2.75) is 44.1 Å². The lowest BCUT2D eigenvalue weighted by Gasteiger charge is -2.32. The molecule has 2 nitrogen and oxygen atoms in total. The van der Waals surface area contributed by atoms with Crippen molar-refractivity contribution in [3.8, 4) is 0 Å². The molecule has 0 radical (unpaired) electrons. The number of nitrogens with one attached hydrogen (secondary N) is 2. The molecule has 19 heavy (non-hydrogen) atoms. The predicted molar refractivity (Wildman–Crippen MR) is 79.7 cm³/mol. The van der Waals surface area contributed by atoms with E-state index in [-0.39, 0.29) is 11.4 Å². The quantitative estimate of drug-likeness (QED) is 0.822. The fraction of sp³-hybridized carbons (Fsp3) is 0.533. The highest BCUT2D eigenvalue weighted by Crippen LogP contribution is 2.48. The third kappa shape index (κ3) is 2.73. The minimum Gasteiger partial charge on any atom is -0.357 e. The molecule has 0 aliphatic heterocycles. The summed E-state index contributed by atoms with van der Waals surface area (Å²) in [6.45, 7) is 0. The number of hydrogen-bond acceptors (Lipinski definition) is 1. The third-order valence-electron chi connectivity index (χ3n) is 4.34. The molecule has 0 amide bonds. The Morgan fingerprint density at radius 1 is 1.21 bits per heavy atom. The maximum absolute atomic E-state index is 13.6. The van der Waals surface area contributed by atoms with Gasteiger partial charge in [-0.15, -0.1) is 0 Å². The van der Waals surface area contributed by atoms with Crippen LogP contribution in [0.25, 0.3) is 0 Å². The molecule has 0 spiro atoms. The molecule has 2 aliphatic carbocycles. The van der Waals surface area contributed by atoms with Crippen LogP contribution in [0.3, 0.4) is 0 Å². The van der Waals surface area contributed by atoms with Crippen molar-refractivity contribution < 1.29 is 4.39 Å². The minimum atomic E-state index is -0.265. The van der Waals surface area contributed by atoms with Gasteiger partial charge in [0.15, 0.2) is 5.11 Å². The molecule has 0 saturated heterocycles. The number of rotatable bonds is 3. The highest BCUT2D eigenvalue weighted by atomic mass is 32.1. The fourth-order valence-corrected chi connectivity index (χ4v) is 3.53. The second-order valence-electron chi connectivity index (χ2n) is 5.70. The summed E-state index contributed by atoms with van der Waals surface area (Å²) in [5.74, 6) is 0.494. The van der Waals surface area contributed by atoms with Gasteiger partial charge >= 0.3 is 0 Å². The number of thiocarbonyl (C=S) groups is 1. The molecule has 0 aromatic heterocycles. The zero-order valence-electron chi connectivity index (χ0n) is 10.9. The van der Waals surface area contributed by atoms with Crippen LogP contribution in [0.5, 0.6) is 0 Å². The molecule has 2 fully saturated rings. The van der Waals surface area contributed by atoms with Crippen LogP contribution < -0.4 is 10.6 Å². The summed E-state index contributed by atoms with van der Waals surface area (Å²) >= 11 is 5.36. The smallest absolute Gasteiger partial charge is 0.171 e. The molecule has 102 valence electrons. The van der Waals surface area contributed by atoms with E-state index in [4.69, 9.17) is 12.2 Å². The van der Waals surface area contributed by atoms with Gasteiger partial charge in [-0.05, 0) is 56.0 Å². The van der Waals surface area contributed by atoms with Gasteiger partial charge in [-0.3, -0.25) is 0 Å². The third-order valence-corrected chi connectivity index (χ3v) is 4.54. The molecular formula is C15H19FN2S. The van der Waals surface area contributed by atoms with E-state index in [2.05, 4.69) is 10.6 Å². The SMILES string of the molecule is Fc1ccccc1NC(=S)NC1(C2CC2)CCCC1. The number of anilines is 1. The Kier molecular flexibility index (Phi) is 3.44. The van der Waals surface area contributed by atoms with Gasteiger partial charge in [-0.1, -0.05) is 25.0 Å². The average molecular weight is 278 g/mol. The second-order valence-corrected chi connectivity index (χ2v) is 6.10. The average Bonchev–Trinajstić information content (AvgIpc) is 3.15. The number of halogens is 1. The van der Waals surface area contributed by atoms with Crippen LogP contribution in [0, 0.1) is 11.7 Å². The van der Waals surface area contributed by atoms with Gasteiger partial charge in [0.2, 0.25) is 0 Å². The number of benzene rings is 1. The van der Waals surface area contributed by atoms with Crippen molar-refractivity contribution >= 4 is 23.0 Å². The van der Waals surface area contributed by atoms with Crippen molar-refractivity contribution in [1.29, 1.82) is 0 Å². The second kappa shape index (κ2) is 5.08. The first-order valence-electron chi connectivity index (χ1n) is 7.03. The van der Waals surface area contributed by atoms with Crippen molar-refractivity contribution in [3.63, 3.8) is 0 Å². The van der Waals surface area contributed by atoms with E-state index in [1.54, 1.807) is 18.2 Å². The largest absolute Gasteiger partial charge is 0.357 e. The van der Waals surface area contributed by atoms with Crippen LogP contribution in [0.2, 0.25) is 0 Å². The van der Waals surface area contributed by atoms with E-state index in [1.807, 2.05) is 0 Å². The van der Waals surface area contributed by atoms with E-state index in [0.29, 0.717) is 10.8 Å². The summed E-state index contributed by atoms with van der Waals surface area (Å²) < 4.78 is 13.6. The molecule has 0 bridgehead atoms. The Morgan fingerprint density at radius 3 is 2.53 bits per heavy atom. The minimum absolute atomic E-state index is 0.176. The van der Waals surface area contributed by atoms with Crippen LogP contribution in [-0.2, 0) is 0 Å². The van der Waals surface area contributed by atoms with Gasteiger partial charge < -0.3 is 10.6 Å². The summed E-state index contributed by atoms with van der Waals surface area (Å²) in [6.07, 6.45) is 7.52. The lowest BCUT2D eigenvalue weighted by atomic mass is 9.91. The van der Waals surface area contributed by atoms with Crippen molar-refractivity contribution in [2.75, 3.05) is 5.32 Å². The lowest BCUT2D eigenvalue weighted by Crippen LogP contribution is -2.49. The van der Waals surface area contributed by atoms with E-state index in [1.165, 1.54) is 44.6 Å². The monoisotopic (exact) mass is 278 g/mol. The van der Waals surface area contributed by atoms with Gasteiger partial charge in [0, 0.05) is 5.54 Å². The molecule has 0 atom stereocenters. The molecule has 1 aromatic rings. The van der Waals surface area contributed by atoms with Crippen LogP contribution in [-0.4, -0.2) is 10.7 Å². The van der Waals surface area contributed by atoms with Gasteiger partial charge in [-0.2, -0.15) is 0 Å². The molecular weight excluding hydrogens is 259 g/mol. The molecule has 2 aliphatic rings. The summed E-state index contributed by atoms with van der Waals surface area (Å²) in [5, 5.41) is 7.03. The summed E-state index contributed by atoms with van der Waals surface area (Å²) in [6, 6.07) is 6.64. The van der Waals surface area contributed by atoms with E-state index in [0.717, 1.165) is 5.92 Å². The summed E-state index contributed by atoms with van der Waals surface area (Å²) in [7, 11) is 0. The van der Waals surface area contributed by atoms with Gasteiger partial charge in [0.05, 0.1) is 5.69 Å². The topological polar surface area (TPSA) is 24.1 Å². The van der Waals surface area contributed by atoms with Crippen LogP contribution in [0.4, 0.5) is 10.1 Å². The summed E-state index contributed by atoms with van der Waals surface area (Å²) in [4.78, 5) is 0. The normalized spacial score (nSPS) is 21.1. The first kappa shape index (κ1) is 12.9. The van der Waals surface area contributed by atoms with Crippen molar-refractivity contribution in [2.24, 2.45) is 5.92 Å². The zero-order valence-corrected chi connectivity index (χ0v) is 11.7. The maximum Gasteiger partial charge on any atom is 0.171 e. The van der Waals surface area contributed by atoms with Crippen molar-refractivity contribution in [3.05, 3.63) is 30.1 Å². The highest BCUT2D eigenvalue weighted by molar-refractivity contribution is 7.80. The Hall–Kier alpha value is -1.16. The molecule has 4 heteroatoms. The van der Waals surface area contributed by atoms with Gasteiger partial charge in [-0.25, -0.2) is 4.39 Å². The zero-order chi connectivity index (χ0) is 13.3. The van der Waals surface area contributed by atoms with Crippen molar-refractivity contribution in [1.82, 2.24) is 5.32 Å². The van der Waals surface area contributed by atoms with Crippen LogP contribution in [0.1, 0.15) is 38.5 Å². The first-order valence-corrected chi connectivity index (χ1v) is 7.44. The lowest BCUT2D eigenvalue weighted by molar-refractivity contribution is 0.340. The van der Waals surface area contributed by atoms with Crippen LogP contribution >= 0.6 is 12.2 Å². The molecule has 2 N–H and O–H groups in total. The number of hydrogen-bond donors (Lipinski definition) is 2. The highest BCUT2D eigenvalue weighted by Gasteiger charge is 2.47. The van der Waals surface area contributed by atoms with E-state index >= 15 is 0 Å². The molecule has 0 unspecified atom stereocenters. The van der Waals surface area contributed by atoms with Gasteiger partial charge in [0.1, 0.15) is 5.82 Å². The Morgan fingerprint density at radius 2 is 1.89 bits per heavy atom. The number of para-hydroxylation sites is 1. The Labute approximate surface area is 118 Å². The van der Waals surface area contributed by atoms with E-state index in [9.17, 15) is 4.39 Å². The molecule has 3 rings (SSSR count). The molecule has 2 saturated carbocycles. The van der Waals surface area contributed by atoms with E-state index < -0.39 is 0 Å². The van der Waals surface area contributed by atoms with Gasteiger partial charge in [0.25, 0.3) is 0 Å². The van der Waals surface area contributed by atoms with Crippen LogP contribution in [0.15, 0.2) is 24.3 Å². The Bertz CT molecular complexity index is 479. The summed E-state index contributed by atoms with van der Waals surface area (Å²) in [5.41, 5.74) is 0.624. The first-order chi connectivity index (χ1) is 9.20. The Balaban J connectivity index is 1.66. The molecule has 1 aromatic carbocycles. The predicted octanol–water partition coefficient (Wildman–Crippen LogP) is 3.83. The molecule has 0 heterocycles.